The molecule has 1 unspecified atom stereocenters. The Hall–Kier alpha value is 0.951. The average molecular weight is 302 g/mol. The monoisotopic (exact) mass is 301 g/mol. The fourth-order valence-corrected chi connectivity index (χ4v) is 2.48. The first-order chi connectivity index (χ1) is 5.49. The first-order valence-corrected chi connectivity index (χ1v) is 7.85. The van der Waals surface area contributed by atoms with E-state index in [0.717, 1.165) is 6.42 Å². The van der Waals surface area contributed by atoms with Crippen LogP contribution in [0.3, 0.4) is 0 Å². The first kappa shape index (κ1) is 21.3. The summed E-state index contributed by atoms with van der Waals surface area (Å²) in [5.74, 6) is 0. The first-order valence-electron chi connectivity index (χ1n) is 4.44. The van der Waals surface area contributed by atoms with E-state index in [0.29, 0.717) is 0 Å². The van der Waals surface area contributed by atoms with Gasteiger partial charge < -0.3 is 4.43 Å². The second kappa shape index (κ2) is 9.03. The van der Waals surface area contributed by atoms with E-state index in [1.165, 1.54) is 5.57 Å². The van der Waals surface area contributed by atoms with Gasteiger partial charge in [-0.3, -0.25) is 6.08 Å². The summed E-state index contributed by atoms with van der Waals surface area (Å²) in [6.07, 6.45) is 8.71. The van der Waals surface area contributed by atoms with Crippen LogP contribution in [0.2, 0.25) is 19.6 Å². The average Bonchev–Trinajstić information content (AvgIpc) is 2.32. The second-order valence-electron chi connectivity index (χ2n) is 4.11. The third-order valence-electron chi connectivity index (χ3n) is 1.69. The van der Waals surface area contributed by atoms with Gasteiger partial charge in [0.25, 0.3) is 0 Å². The fraction of sp³-hybridized carbons (Fsp3) is 0.600. The van der Waals surface area contributed by atoms with Crippen molar-refractivity contribution in [2.45, 2.75) is 39.1 Å². The molecular formula is C10H19Cl2OSiTi-. The molecule has 0 aromatic heterocycles. The number of halogens is 2. The molecule has 15 heavy (non-hydrogen) atoms. The topological polar surface area (TPSA) is 9.23 Å². The summed E-state index contributed by atoms with van der Waals surface area (Å²) in [5, 5.41) is 0. The van der Waals surface area contributed by atoms with Crippen LogP contribution < -0.4 is 0 Å². The van der Waals surface area contributed by atoms with Crippen LogP contribution in [0.15, 0.2) is 17.7 Å². The van der Waals surface area contributed by atoms with Crippen molar-refractivity contribution in [1.29, 1.82) is 0 Å². The third kappa shape index (κ3) is 8.73. The Morgan fingerprint density at radius 2 is 1.87 bits per heavy atom. The largest absolute Gasteiger partial charge is 0.414 e. The Labute approximate surface area is 122 Å². The van der Waals surface area contributed by atoms with Gasteiger partial charge in [-0.15, -0.1) is 31.2 Å². The maximum absolute atomic E-state index is 5.91. The predicted octanol–water partition coefficient (Wildman–Crippen LogP) is 3.76. The molecule has 0 saturated carbocycles. The number of allylic oxidation sites excluding steroid dienone is 2. The van der Waals surface area contributed by atoms with Gasteiger partial charge in [0.05, 0.1) is 0 Å². The van der Waals surface area contributed by atoms with E-state index in [2.05, 4.69) is 44.8 Å². The molecule has 1 aliphatic rings. The van der Waals surface area contributed by atoms with Crippen LogP contribution in [0.4, 0.5) is 0 Å². The van der Waals surface area contributed by atoms with Crippen LogP contribution in [0.25, 0.3) is 0 Å². The molecule has 0 radical (unpaired) electrons. The molecule has 0 amide bonds. The minimum absolute atomic E-state index is 0. The standard InChI is InChI=1S/C10H17OSi.2ClH.Ti/c1-9(11-12(2,3)4)10-7-5-6-8-10;;;/h5,7,9H,6H2,1-4H3;2*1H;/q-1;;;. The summed E-state index contributed by atoms with van der Waals surface area (Å²) >= 11 is 0. The van der Waals surface area contributed by atoms with Crippen molar-refractivity contribution in [3.8, 4) is 0 Å². The zero-order valence-corrected chi connectivity index (χ0v) is 13.9. The van der Waals surface area contributed by atoms with Crippen LogP contribution in [-0.2, 0) is 26.1 Å². The Morgan fingerprint density at radius 3 is 2.20 bits per heavy atom. The SMILES string of the molecule is CC(O[Si](C)(C)C)C1=[C-]CC=C1.Cl.Cl.[Ti]. The van der Waals surface area contributed by atoms with Gasteiger partial charge in [0.2, 0.25) is 0 Å². The van der Waals surface area contributed by atoms with Crippen LogP contribution in [0, 0.1) is 6.08 Å². The van der Waals surface area contributed by atoms with Gasteiger partial charge in [-0.25, -0.2) is 6.08 Å². The maximum Gasteiger partial charge on any atom is 0.184 e. The van der Waals surface area contributed by atoms with Crippen molar-refractivity contribution in [3.05, 3.63) is 23.8 Å². The molecule has 5 heteroatoms. The van der Waals surface area contributed by atoms with Crippen molar-refractivity contribution in [2.75, 3.05) is 0 Å². The normalized spacial score (nSPS) is 15.6. The smallest absolute Gasteiger partial charge is 0.184 e. The predicted molar refractivity (Wildman–Crippen MR) is 68.9 cm³/mol. The number of hydrogen-bond donors (Lipinski definition) is 0. The summed E-state index contributed by atoms with van der Waals surface area (Å²) in [4.78, 5) is 0. The molecule has 1 rings (SSSR count). The third-order valence-corrected chi connectivity index (χ3v) is 2.75. The molecule has 1 aliphatic carbocycles. The summed E-state index contributed by atoms with van der Waals surface area (Å²) < 4.78 is 5.91. The zero-order chi connectivity index (χ0) is 9.19. The minimum atomic E-state index is -1.38. The van der Waals surface area contributed by atoms with Gasteiger partial charge in [-0.05, 0) is 26.6 Å². The Balaban J connectivity index is -0.000000480. The molecule has 0 bridgehead atoms. The minimum Gasteiger partial charge on any atom is -0.414 e. The number of hydrogen-bond acceptors (Lipinski definition) is 1. The van der Waals surface area contributed by atoms with E-state index >= 15 is 0 Å². The van der Waals surface area contributed by atoms with Gasteiger partial charge in [-0.2, -0.15) is 11.6 Å². The van der Waals surface area contributed by atoms with Gasteiger partial charge in [0.15, 0.2) is 8.32 Å². The van der Waals surface area contributed by atoms with Crippen LogP contribution in [0.5, 0.6) is 0 Å². The van der Waals surface area contributed by atoms with E-state index in [1.54, 1.807) is 0 Å². The van der Waals surface area contributed by atoms with Crippen LogP contribution >= 0.6 is 24.8 Å². The summed E-state index contributed by atoms with van der Waals surface area (Å²) in [6, 6.07) is 0. The van der Waals surface area contributed by atoms with Crippen molar-refractivity contribution in [2.24, 2.45) is 0 Å². The molecule has 0 saturated heterocycles. The van der Waals surface area contributed by atoms with E-state index in [-0.39, 0.29) is 52.6 Å². The molecule has 0 aromatic rings. The molecule has 0 heterocycles. The Morgan fingerprint density at radius 1 is 1.33 bits per heavy atom. The van der Waals surface area contributed by atoms with E-state index in [4.69, 9.17) is 4.43 Å². The molecular weight excluding hydrogens is 283 g/mol. The molecule has 1 atom stereocenters. The summed E-state index contributed by atoms with van der Waals surface area (Å²) in [7, 11) is -1.38. The van der Waals surface area contributed by atoms with Gasteiger partial charge in [-0.1, -0.05) is 0 Å². The molecule has 0 aliphatic heterocycles. The summed E-state index contributed by atoms with van der Waals surface area (Å²) in [5.41, 5.74) is 1.22. The molecule has 0 fully saturated rings. The molecule has 88 valence electrons. The van der Waals surface area contributed by atoms with Gasteiger partial charge in [0.1, 0.15) is 0 Å². The van der Waals surface area contributed by atoms with Gasteiger partial charge in [0, 0.05) is 27.8 Å². The van der Waals surface area contributed by atoms with Crippen molar-refractivity contribution in [1.82, 2.24) is 0 Å². The van der Waals surface area contributed by atoms with E-state index in [9.17, 15) is 0 Å². The van der Waals surface area contributed by atoms with E-state index < -0.39 is 8.32 Å². The molecule has 0 spiro atoms. The van der Waals surface area contributed by atoms with Crippen molar-refractivity contribution in [3.63, 3.8) is 0 Å². The Kier molecular flexibility index (Phi) is 12.8. The second-order valence-corrected chi connectivity index (χ2v) is 8.57. The quantitative estimate of drug-likeness (QED) is 0.570. The molecule has 1 nitrogen and oxygen atoms in total. The maximum atomic E-state index is 5.91. The van der Waals surface area contributed by atoms with Crippen molar-refractivity contribution >= 4 is 33.1 Å². The van der Waals surface area contributed by atoms with Gasteiger partial charge >= 0.3 is 0 Å². The molecule has 0 aromatic carbocycles. The van der Waals surface area contributed by atoms with E-state index in [1.807, 2.05) is 0 Å². The Bertz CT molecular complexity index is 224. The fourth-order valence-electron chi connectivity index (χ4n) is 1.29. The van der Waals surface area contributed by atoms with Crippen LogP contribution in [-0.4, -0.2) is 14.4 Å². The van der Waals surface area contributed by atoms with Crippen LogP contribution in [0.1, 0.15) is 13.3 Å². The van der Waals surface area contributed by atoms with Crippen molar-refractivity contribution < 1.29 is 26.1 Å². The number of rotatable bonds is 3. The summed E-state index contributed by atoms with van der Waals surface area (Å²) in [6.45, 7) is 8.74. The molecule has 0 N–H and O–H groups in total. The zero-order valence-electron chi connectivity index (χ0n) is 9.66.